The Bertz CT molecular complexity index is 684. The van der Waals surface area contributed by atoms with Crippen LogP contribution < -0.4 is 15.4 Å². The molecule has 1 aromatic rings. The Kier molecular flexibility index (Phi) is 6.69. The monoisotopic (exact) mass is 350 g/mol. The molecule has 25 heavy (non-hydrogen) atoms. The summed E-state index contributed by atoms with van der Waals surface area (Å²) in [5, 5.41) is 15.6. The number of benzene rings is 1. The molecule has 0 radical (unpaired) electrons. The molecule has 2 rings (SSSR count). The van der Waals surface area contributed by atoms with Crippen LogP contribution in [0.4, 0.5) is 5.69 Å². The number of ether oxygens (including phenoxy) is 1. The number of nitrogens with two attached hydrogens (primary N) is 1. The molecule has 1 aromatic carbocycles. The van der Waals surface area contributed by atoms with Gasteiger partial charge in [-0.05, 0) is 31.5 Å². The number of carboxylic acid groups (broad SMARTS) is 2. The molecule has 0 fully saturated rings. The van der Waals surface area contributed by atoms with Crippen molar-refractivity contribution >= 4 is 23.5 Å². The summed E-state index contributed by atoms with van der Waals surface area (Å²) in [5.74, 6) is -1.65. The van der Waals surface area contributed by atoms with Gasteiger partial charge in [0, 0.05) is 25.3 Å². The Balaban J connectivity index is 0.000000333. The summed E-state index contributed by atoms with van der Waals surface area (Å²) in [4.78, 5) is 33.1. The second kappa shape index (κ2) is 8.29. The van der Waals surface area contributed by atoms with Crippen LogP contribution in [0.3, 0.4) is 0 Å². The van der Waals surface area contributed by atoms with Crippen LogP contribution in [-0.2, 0) is 19.8 Å². The van der Waals surface area contributed by atoms with Crippen LogP contribution in [0.25, 0.3) is 0 Å². The third-order valence-electron chi connectivity index (χ3n) is 3.95. The minimum atomic E-state index is -1.26. The maximum atomic E-state index is 12.3. The van der Waals surface area contributed by atoms with Gasteiger partial charge in [-0.1, -0.05) is 6.07 Å². The fourth-order valence-corrected chi connectivity index (χ4v) is 2.65. The first-order chi connectivity index (χ1) is 11.7. The van der Waals surface area contributed by atoms with E-state index in [-0.39, 0.29) is 5.91 Å². The molecule has 0 aliphatic carbocycles. The van der Waals surface area contributed by atoms with Gasteiger partial charge in [0.25, 0.3) is 0 Å². The van der Waals surface area contributed by atoms with Gasteiger partial charge in [-0.3, -0.25) is 4.79 Å². The molecule has 1 unspecified atom stereocenters. The lowest BCUT2D eigenvalue weighted by molar-refractivity contribution is -0.134. The highest BCUT2D eigenvalue weighted by Gasteiger charge is 2.45. The predicted molar refractivity (Wildman–Crippen MR) is 91.8 cm³/mol. The third kappa shape index (κ3) is 4.57. The quantitative estimate of drug-likeness (QED) is 0.675. The topological polar surface area (TPSA) is 130 Å². The van der Waals surface area contributed by atoms with Crippen molar-refractivity contribution in [1.82, 2.24) is 0 Å². The Hall–Kier alpha value is -2.87. The second-order valence-electron chi connectivity index (χ2n) is 5.63. The van der Waals surface area contributed by atoms with Crippen molar-refractivity contribution in [2.45, 2.75) is 18.8 Å². The number of anilines is 1. The van der Waals surface area contributed by atoms with Gasteiger partial charge in [0.2, 0.25) is 5.91 Å². The predicted octanol–water partition coefficient (Wildman–Crippen LogP) is 0.990. The van der Waals surface area contributed by atoms with E-state index in [1.54, 1.807) is 19.1 Å². The van der Waals surface area contributed by atoms with Gasteiger partial charge in [0.1, 0.15) is 5.75 Å². The zero-order valence-electron chi connectivity index (χ0n) is 14.4. The number of hydrogen-bond acceptors (Lipinski definition) is 5. The highest BCUT2D eigenvalue weighted by atomic mass is 16.5. The van der Waals surface area contributed by atoms with Gasteiger partial charge in [0.05, 0.1) is 18.2 Å². The smallest absolute Gasteiger partial charge is 0.328 e. The van der Waals surface area contributed by atoms with Crippen LogP contribution >= 0.6 is 0 Å². The van der Waals surface area contributed by atoms with E-state index in [0.29, 0.717) is 25.1 Å². The molecule has 136 valence electrons. The number of nitrogens with zero attached hydrogens (tertiary/aromatic N) is 1. The Labute approximate surface area is 145 Å². The molecule has 1 aliphatic heterocycles. The molecule has 1 aliphatic rings. The normalized spacial score (nSPS) is 18.6. The number of methoxy groups -OCH3 is 1. The molecule has 8 nitrogen and oxygen atoms in total. The van der Waals surface area contributed by atoms with Gasteiger partial charge < -0.3 is 25.6 Å². The lowest BCUT2D eigenvalue weighted by atomic mass is 9.81. The molecule has 8 heteroatoms. The molecule has 1 amide bonds. The van der Waals surface area contributed by atoms with E-state index in [1.807, 2.05) is 25.1 Å². The molecule has 0 bridgehead atoms. The van der Waals surface area contributed by atoms with Gasteiger partial charge in [0.15, 0.2) is 0 Å². The van der Waals surface area contributed by atoms with E-state index in [2.05, 4.69) is 0 Å². The van der Waals surface area contributed by atoms with Crippen molar-refractivity contribution in [2.24, 2.45) is 5.73 Å². The lowest BCUT2D eigenvalue weighted by Gasteiger charge is -2.22. The standard InChI is InChI=1S/C13H18N2O2.C4H4O4/c1-13(6-7-14)10-5-4-9(17-3)8-11(10)15(2)12(13)16;5-3(6)1-2-4(7)8/h4-5,8H,6-7,14H2,1-3H3;1-2H,(H,5,6)(H,7,8). The molecule has 0 spiro atoms. The summed E-state index contributed by atoms with van der Waals surface area (Å²) in [6.07, 6.45) is 1.78. The van der Waals surface area contributed by atoms with Crippen molar-refractivity contribution in [3.8, 4) is 5.75 Å². The number of rotatable bonds is 5. The number of hydrogen-bond donors (Lipinski definition) is 3. The van der Waals surface area contributed by atoms with Gasteiger partial charge >= 0.3 is 11.9 Å². The number of fused-ring (bicyclic) bond motifs is 1. The van der Waals surface area contributed by atoms with E-state index < -0.39 is 17.4 Å². The Morgan fingerprint density at radius 2 is 1.84 bits per heavy atom. The summed E-state index contributed by atoms with van der Waals surface area (Å²) in [7, 11) is 3.42. The van der Waals surface area contributed by atoms with Crippen LogP contribution in [0.1, 0.15) is 18.9 Å². The highest BCUT2D eigenvalue weighted by Crippen LogP contribution is 2.44. The van der Waals surface area contributed by atoms with Crippen LogP contribution in [-0.4, -0.2) is 48.8 Å². The van der Waals surface area contributed by atoms with Gasteiger partial charge in [-0.15, -0.1) is 0 Å². The second-order valence-corrected chi connectivity index (χ2v) is 5.63. The molecule has 1 heterocycles. The van der Waals surface area contributed by atoms with E-state index >= 15 is 0 Å². The van der Waals surface area contributed by atoms with E-state index in [1.165, 1.54) is 0 Å². The molecule has 0 aromatic heterocycles. The van der Waals surface area contributed by atoms with Crippen LogP contribution in [0.5, 0.6) is 5.75 Å². The maximum absolute atomic E-state index is 12.3. The first kappa shape index (κ1) is 20.2. The minimum Gasteiger partial charge on any atom is -0.497 e. The van der Waals surface area contributed by atoms with Crippen molar-refractivity contribution in [2.75, 3.05) is 25.6 Å². The fourth-order valence-electron chi connectivity index (χ4n) is 2.65. The van der Waals surface area contributed by atoms with Gasteiger partial charge in [-0.25, -0.2) is 9.59 Å². The SMILES string of the molecule is COc1ccc2c(c1)N(C)C(=O)C2(C)CCN.O=C(O)C=CC(=O)O. The number of carboxylic acids is 2. The molecule has 4 N–H and O–H groups in total. The number of aliphatic carboxylic acids is 2. The maximum Gasteiger partial charge on any atom is 0.328 e. The Morgan fingerprint density at radius 3 is 2.28 bits per heavy atom. The number of amides is 1. The summed E-state index contributed by atoms with van der Waals surface area (Å²) >= 11 is 0. The molecular weight excluding hydrogens is 328 g/mol. The fraction of sp³-hybridized carbons (Fsp3) is 0.353. The first-order valence-corrected chi connectivity index (χ1v) is 7.48. The van der Waals surface area contributed by atoms with Crippen molar-refractivity contribution < 1.29 is 29.3 Å². The average molecular weight is 350 g/mol. The summed E-state index contributed by atoms with van der Waals surface area (Å²) in [5.41, 5.74) is 7.08. The molecule has 0 saturated heterocycles. The van der Waals surface area contributed by atoms with Crippen LogP contribution in [0, 0.1) is 0 Å². The van der Waals surface area contributed by atoms with E-state index in [4.69, 9.17) is 20.7 Å². The first-order valence-electron chi connectivity index (χ1n) is 7.48. The summed E-state index contributed by atoms with van der Waals surface area (Å²) < 4.78 is 5.19. The van der Waals surface area contributed by atoms with Crippen molar-refractivity contribution in [3.63, 3.8) is 0 Å². The summed E-state index contributed by atoms with van der Waals surface area (Å²) in [6, 6.07) is 5.75. The van der Waals surface area contributed by atoms with Crippen LogP contribution in [0.15, 0.2) is 30.4 Å². The Morgan fingerprint density at radius 1 is 1.28 bits per heavy atom. The molecular formula is C17H22N2O6. The lowest BCUT2D eigenvalue weighted by Crippen LogP contribution is -2.37. The minimum absolute atomic E-state index is 0.103. The number of likely N-dealkylation sites (N-methyl/N-ethyl adjacent to an activating group) is 1. The molecule has 0 saturated carbocycles. The third-order valence-corrected chi connectivity index (χ3v) is 3.95. The van der Waals surface area contributed by atoms with Crippen molar-refractivity contribution in [3.05, 3.63) is 35.9 Å². The largest absolute Gasteiger partial charge is 0.497 e. The van der Waals surface area contributed by atoms with Crippen LogP contribution in [0.2, 0.25) is 0 Å². The zero-order valence-corrected chi connectivity index (χ0v) is 14.4. The zero-order chi connectivity index (χ0) is 19.2. The van der Waals surface area contributed by atoms with Gasteiger partial charge in [-0.2, -0.15) is 0 Å². The average Bonchev–Trinajstić information content (AvgIpc) is 2.75. The number of carbonyl (C=O) groups is 3. The van der Waals surface area contributed by atoms with E-state index in [0.717, 1.165) is 17.0 Å². The summed E-state index contributed by atoms with van der Waals surface area (Å²) in [6.45, 7) is 2.46. The number of carbonyl (C=O) groups excluding carboxylic acids is 1. The molecule has 1 atom stereocenters. The van der Waals surface area contributed by atoms with Crippen molar-refractivity contribution in [1.29, 1.82) is 0 Å². The van der Waals surface area contributed by atoms with E-state index in [9.17, 15) is 14.4 Å². The highest BCUT2D eigenvalue weighted by molar-refractivity contribution is 6.07.